The molecule has 0 saturated carbocycles. The summed E-state index contributed by atoms with van der Waals surface area (Å²) in [7, 11) is -0.271. The Labute approximate surface area is 151 Å². The lowest BCUT2D eigenvalue weighted by atomic mass is 10.1. The third-order valence-electron chi connectivity index (χ3n) is 3.54. The Hall–Kier alpha value is -2.47. The molecule has 0 heterocycles. The third kappa shape index (κ3) is 5.26. The van der Waals surface area contributed by atoms with Gasteiger partial charge in [-0.1, -0.05) is 36.4 Å². The second-order valence-electron chi connectivity index (χ2n) is 5.12. The first kappa shape index (κ1) is 19.8. The molecule has 2 aromatic rings. The fraction of sp³-hybridized carbons (Fsp3) is 0.222. The number of hydrogen-bond donors (Lipinski definition) is 0. The minimum atomic E-state index is -2.84. The lowest BCUT2D eigenvalue weighted by molar-refractivity contribution is 0.0589. The maximum Gasteiger partial charge on any atom is 0.338 e. The van der Waals surface area contributed by atoms with Crippen molar-refractivity contribution < 1.29 is 32.7 Å². The molecule has 2 aromatic carbocycles. The van der Waals surface area contributed by atoms with E-state index >= 15 is 0 Å². The summed E-state index contributed by atoms with van der Waals surface area (Å²) >= 11 is 0. The number of hydrogen-bond acceptors (Lipinski definition) is 7. The quantitative estimate of drug-likeness (QED) is 0.514. The van der Waals surface area contributed by atoms with Gasteiger partial charge >= 0.3 is 20.2 Å². The van der Waals surface area contributed by atoms with Crippen LogP contribution in [0.3, 0.4) is 0 Å². The summed E-state index contributed by atoms with van der Waals surface area (Å²) in [5.41, 5.74) is 1.74. The molecule has 0 aliphatic rings. The van der Waals surface area contributed by atoms with Crippen molar-refractivity contribution in [3.63, 3.8) is 0 Å². The highest BCUT2D eigenvalue weighted by Gasteiger charge is 2.14. The topological polar surface area (TPSA) is 88.1 Å². The number of ether oxygens (including phenoxy) is 2. The Morgan fingerprint density at radius 3 is 1.54 bits per heavy atom. The number of carbonyl (C=O) groups is 2. The van der Waals surface area contributed by atoms with Crippen LogP contribution in [0.1, 0.15) is 31.8 Å². The summed E-state index contributed by atoms with van der Waals surface area (Å²) in [4.78, 5) is 23.4. The molecule has 0 spiro atoms. The average molecular weight is 378 g/mol. The zero-order valence-corrected chi connectivity index (χ0v) is 15.4. The van der Waals surface area contributed by atoms with Crippen molar-refractivity contribution in [3.8, 4) is 0 Å². The molecule has 0 unspecified atom stereocenters. The predicted molar refractivity (Wildman–Crippen MR) is 94.1 cm³/mol. The first-order chi connectivity index (χ1) is 12.6. The van der Waals surface area contributed by atoms with Gasteiger partial charge in [0.15, 0.2) is 0 Å². The molecule has 2 rings (SSSR count). The number of benzene rings is 2. The predicted octanol–water partition coefficient (Wildman–Crippen LogP) is 3.38. The second kappa shape index (κ2) is 9.87. The second-order valence-corrected chi connectivity index (χ2v) is 6.20. The van der Waals surface area contributed by atoms with Crippen molar-refractivity contribution in [2.45, 2.75) is 13.2 Å². The third-order valence-corrected chi connectivity index (χ3v) is 4.30. The van der Waals surface area contributed by atoms with Crippen LogP contribution in [0.15, 0.2) is 48.5 Å². The SMILES string of the molecule is COC(=O)c1ccccc1CO[PH](=O)OCc1ccccc1C(=O)OC. The van der Waals surface area contributed by atoms with E-state index in [1.807, 2.05) is 0 Å². The molecule has 0 aromatic heterocycles. The number of rotatable bonds is 8. The molecule has 0 atom stereocenters. The standard InChI is InChI=1S/C18H19O7P/c1-22-17(19)15-9-5-3-7-13(15)11-24-26(21)25-12-14-8-4-6-10-16(14)18(20)23-2/h3-10,26H,11-12H2,1-2H3. The van der Waals surface area contributed by atoms with Gasteiger partial charge in [-0.3, -0.25) is 4.57 Å². The molecule has 138 valence electrons. The van der Waals surface area contributed by atoms with Crippen molar-refractivity contribution in [1.29, 1.82) is 0 Å². The monoisotopic (exact) mass is 378 g/mol. The molecular formula is C18H19O7P. The first-order valence-corrected chi connectivity index (χ1v) is 8.91. The van der Waals surface area contributed by atoms with E-state index in [9.17, 15) is 14.2 Å². The Kier molecular flexibility index (Phi) is 7.53. The normalized spacial score (nSPS) is 10.6. The minimum absolute atomic E-state index is 0.0677. The van der Waals surface area contributed by atoms with Crippen molar-refractivity contribution in [2.75, 3.05) is 14.2 Å². The molecule has 0 bridgehead atoms. The van der Waals surface area contributed by atoms with Crippen LogP contribution in [-0.2, 0) is 36.3 Å². The van der Waals surface area contributed by atoms with Gasteiger partial charge in [-0.25, -0.2) is 9.59 Å². The Bertz CT molecular complexity index is 738. The van der Waals surface area contributed by atoms with Gasteiger partial charge < -0.3 is 18.5 Å². The molecule has 26 heavy (non-hydrogen) atoms. The van der Waals surface area contributed by atoms with E-state index in [1.165, 1.54) is 14.2 Å². The van der Waals surface area contributed by atoms with Gasteiger partial charge in [-0.05, 0) is 23.3 Å². The largest absolute Gasteiger partial charge is 0.465 e. The van der Waals surface area contributed by atoms with Crippen LogP contribution in [0, 0.1) is 0 Å². The Morgan fingerprint density at radius 1 is 0.769 bits per heavy atom. The van der Waals surface area contributed by atoms with Crippen LogP contribution in [0.2, 0.25) is 0 Å². The summed E-state index contributed by atoms with van der Waals surface area (Å²) in [6.07, 6.45) is 0. The van der Waals surface area contributed by atoms with E-state index in [0.29, 0.717) is 22.3 Å². The molecule has 0 fully saturated rings. The number of methoxy groups -OCH3 is 2. The van der Waals surface area contributed by atoms with Gasteiger partial charge in [0.05, 0.1) is 38.6 Å². The summed E-state index contributed by atoms with van der Waals surface area (Å²) in [5, 5.41) is 0. The molecule has 8 heteroatoms. The summed E-state index contributed by atoms with van der Waals surface area (Å²) in [6, 6.07) is 13.4. The molecule has 0 amide bonds. The van der Waals surface area contributed by atoms with Crippen LogP contribution in [0.4, 0.5) is 0 Å². The number of esters is 2. The molecule has 0 N–H and O–H groups in total. The number of carbonyl (C=O) groups excluding carboxylic acids is 2. The van der Waals surface area contributed by atoms with Crippen molar-refractivity contribution in [1.82, 2.24) is 0 Å². The maximum absolute atomic E-state index is 12.0. The molecule has 0 aliphatic heterocycles. The first-order valence-electron chi connectivity index (χ1n) is 7.68. The van der Waals surface area contributed by atoms with Gasteiger partial charge in [0.25, 0.3) is 0 Å². The van der Waals surface area contributed by atoms with Crippen LogP contribution in [0.5, 0.6) is 0 Å². The molecule has 0 radical (unpaired) electrons. The van der Waals surface area contributed by atoms with Crippen molar-refractivity contribution >= 4 is 20.2 Å². The van der Waals surface area contributed by atoms with Gasteiger partial charge in [0.2, 0.25) is 0 Å². The van der Waals surface area contributed by atoms with Crippen LogP contribution in [0.25, 0.3) is 0 Å². The van der Waals surface area contributed by atoms with E-state index < -0.39 is 20.2 Å². The molecule has 0 aliphatic carbocycles. The fourth-order valence-corrected chi connectivity index (χ4v) is 2.86. The average Bonchev–Trinajstić information content (AvgIpc) is 2.69. The zero-order valence-electron chi connectivity index (χ0n) is 14.4. The van der Waals surface area contributed by atoms with Gasteiger partial charge in [0, 0.05) is 0 Å². The highest BCUT2D eigenvalue weighted by Crippen LogP contribution is 2.29. The van der Waals surface area contributed by atoms with Crippen LogP contribution >= 0.6 is 8.25 Å². The van der Waals surface area contributed by atoms with E-state index in [1.54, 1.807) is 48.5 Å². The molecular weight excluding hydrogens is 359 g/mol. The lowest BCUT2D eigenvalue weighted by Gasteiger charge is -2.10. The van der Waals surface area contributed by atoms with Crippen molar-refractivity contribution in [3.05, 3.63) is 70.8 Å². The van der Waals surface area contributed by atoms with Gasteiger partial charge in [-0.15, -0.1) is 0 Å². The summed E-state index contributed by atoms with van der Waals surface area (Å²) in [5.74, 6) is -1.01. The summed E-state index contributed by atoms with van der Waals surface area (Å²) < 4.78 is 31.8. The highest BCUT2D eigenvalue weighted by atomic mass is 31.1. The smallest absolute Gasteiger partial charge is 0.338 e. The zero-order chi connectivity index (χ0) is 18.9. The lowest BCUT2D eigenvalue weighted by Crippen LogP contribution is -2.06. The van der Waals surface area contributed by atoms with E-state index in [4.69, 9.17) is 18.5 Å². The van der Waals surface area contributed by atoms with Gasteiger partial charge in [0.1, 0.15) is 0 Å². The minimum Gasteiger partial charge on any atom is -0.465 e. The van der Waals surface area contributed by atoms with E-state index in [-0.39, 0.29) is 13.2 Å². The van der Waals surface area contributed by atoms with Crippen LogP contribution < -0.4 is 0 Å². The van der Waals surface area contributed by atoms with E-state index in [0.717, 1.165) is 0 Å². The van der Waals surface area contributed by atoms with Crippen molar-refractivity contribution in [2.24, 2.45) is 0 Å². The molecule has 0 saturated heterocycles. The fourth-order valence-electron chi connectivity index (χ4n) is 2.23. The highest BCUT2D eigenvalue weighted by molar-refractivity contribution is 7.33. The maximum atomic E-state index is 12.0. The van der Waals surface area contributed by atoms with E-state index in [2.05, 4.69) is 0 Å². The van der Waals surface area contributed by atoms with Gasteiger partial charge in [-0.2, -0.15) is 0 Å². The molecule has 7 nitrogen and oxygen atoms in total. The Morgan fingerprint density at radius 2 is 1.15 bits per heavy atom. The van der Waals surface area contributed by atoms with Crippen LogP contribution in [-0.4, -0.2) is 26.2 Å². The Balaban J connectivity index is 1.95. The summed E-state index contributed by atoms with van der Waals surface area (Å²) in [6.45, 7) is -0.135.